The number of methoxy groups -OCH3 is 1. The van der Waals surface area contributed by atoms with Gasteiger partial charge >= 0.3 is 0 Å². The molecule has 5 rings (SSSR count). The molecular formula is C21H27N2O2+. The summed E-state index contributed by atoms with van der Waals surface area (Å²) in [7, 11) is 3.96. The summed E-state index contributed by atoms with van der Waals surface area (Å²) >= 11 is 0. The molecule has 4 heteroatoms. The standard InChI is InChI=1S/C21H27N2O2/c1-4-14-13-23(2)10-8-15(14)11-20(23)21(24)17-7-9-22-19-6-5-16(25-3)12-18(17)19/h4-7,9,12,14-15,20-21,24H,1,8,10-11,13H2,2-3H3/q+1/t14?,15?,20-,21?,23?/m1/s1. The number of nitrogens with zero attached hydrogens (tertiary/aromatic N) is 2. The first kappa shape index (κ1) is 16.6. The Bertz CT molecular complexity index is 806. The van der Waals surface area contributed by atoms with Crippen LogP contribution in [-0.2, 0) is 0 Å². The van der Waals surface area contributed by atoms with Crippen molar-refractivity contribution in [2.45, 2.75) is 25.0 Å². The van der Waals surface area contributed by atoms with Gasteiger partial charge in [0, 0.05) is 30.3 Å². The van der Waals surface area contributed by atoms with E-state index in [1.165, 1.54) is 6.42 Å². The molecule has 0 amide bonds. The van der Waals surface area contributed by atoms with Gasteiger partial charge in [-0.25, -0.2) is 0 Å². The molecule has 0 spiro atoms. The quantitative estimate of drug-likeness (QED) is 0.686. The molecule has 0 aliphatic carbocycles. The molecule has 3 aliphatic rings. The number of ether oxygens (including phenoxy) is 1. The molecule has 2 aromatic rings. The lowest BCUT2D eigenvalue weighted by Gasteiger charge is -2.56. The normalized spacial score (nSPS) is 32.5. The molecule has 4 nitrogen and oxygen atoms in total. The zero-order valence-electron chi connectivity index (χ0n) is 15.1. The van der Waals surface area contributed by atoms with Gasteiger partial charge in [0.1, 0.15) is 17.9 Å². The van der Waals surface area contributed by atoms with Crippen LogP contribution in [0.3, 0.4) is 0 Å². The van der Waals surface area contributed by atoms with Crippen LogP contribution in [0.1, 0.15) is 24.5 Å². The number of aliphatic hydroxyl groups is 1. The highest BCUT2D eigenvalue weighted by Gasteiger charge is 2.51. The van der Waals surface area contributed by atoms with Crippen LogP contribution in [0.4, 0.5) is 0 Å². The van der Waals surface area contributed by atoms with E-state index in [0.717, 1.165) is 46.2 Å². The van der Waals surface area contributed by atoms with Gasteiger partial charge in [0.2, 0.25) is 0 Å². The summed E-state index contributed by atoms with van der Waals surface area (Å²) in [5.74, 6) is 2.03. The van der Waals surface area contributed by atoms with E-state index in [4.69, 9.17) is 4.74 Å². The largest absolute Gasteiger partial charge is 0.497 e. The Morgan fingerprint density at radius 1 is 1.40 bits per heavy atom. The van der Waals surface area contributed by atoms with Crippen molar-refractivity contribution in [3.63, 3.8) is 0 Å². The van der Waals surface area contributed by atoms with E-state index in [-0.39, 0.29) is 6.04 Å². The van der Waals surface area contributed by atoms with Crippen LogP contribution in [0, 0.1) is 11.8 Å². The van der Waals surface area contributed by atoms with E-state index in [0.29, 0.717) is 11.8 Å². The van der Waals surface area contributed by atoms with Crippen LogP contribution in [0.2, 0.25) is 0 Å². The summed E-state index contributed by atoms with van der Waals surface area (Å²) in [6.45, 7) is 6.26. The molecule has 1 N–H and O–H groups in total. The summed E-state index contributed by atoms with van der Waals surface area (Å²) in [6, 6.07) is 8.06. The topological polar surface area (TPSA) is 42.4 Å². The third-order valence-corrected chi connectivity index (χ3v) is 6.56. The van der Waals surface area contributed by atoms with E-state index >= 15 is 0 Å². The highest BCUT2D eigenvalue weighted by Crippen LogP contribution is 2.45. The van der Waals surface area contributed by atoms with Gasteiger partial charge < -0.3 is 14.3 Å². The van der Waals surface area contributed by atoms with E-state index in [1.807, 2.05) is 24.3 Å². The number of rotatable bonds is 4. The van der Waals surface area contributed by atoms with Crippen LogP contribution >= 0.6 is 0 Å². The number of pyridine rings is 1. The number of piperidine rings is 3. The molecule has 3 fully saturated rings. The van der Waals surface area contributed by atoms with Gasteiger partial charge in [-0.05, 0) is 35.7 Å². The van der Waals surface area contributed by atoms with Crippen LogP contribution in [0.25, 0.3) is 10.9 Å². The Morgan fingerprint density at radius 2 is 2.24 bits per heavy atom. The van der Waals surface area contributed by atoms with Crippen molar-refractivity contribution in [2.24, 2.45) is 11.8 Å². The van der Waals surface area contributed by atoms with Crippen molar-refractivity contribution >= 4 is 10.9 Å². The molecule has 3 saturated heterocycles. The zero-order valence-corrected chi connectivity index (χ0v) is 15.1. The monoisotopic (exact) mass is 339 g/mol. The van der Waals surface area contributed by atoms with Crippen molar-refractivity contribution < 1.29 is 14.3 Å². The lowest BCUT2D eigenvalue weighted by Crippen LogP contribution is -2.66. The van der Waals surface area contributed by atoms with Gasteiger partial charge in [-0.2, -0.15) is 0 Å². The Morgan fingerprint density at radius 3 is 2.96 bits per heavy atom. The van der Waals surface area contributed by atoms with Crippen LogP contribution in [0.15, 0.2) is 43.1 Å². The van der Waals surface area contributed by atoms with Crippen molar-refractivity contribution in [3.05, 3.63) is 48.7 Å². The third kappa shape index (κ3) is 2.64. The number of quaternary nitrogens is 1. The molecule has 3 aliphatic heterocycles. The van der Waals surface area contributed by atoms with Gasteiger partial charge in [-0.15, -0.1) is 6.58 Å². The minimum atomic E-state index is -0.490. The van der Waals surface area contributed by atoms with E-state index in [2.05, 4.69) is 24.7 Å². The molecular weight excluding hydrogens is 312 g/mol. The summed E-state index contributed by atoms with van der Waals surface area (Å²) < 4.78 is 6.31. The first-order chi connectivity index (χ1) is 12.1. The number of hydrogen-bond donors (Lipinski definition) is 1. The average Bonchev–Trinajstić information content (AvgIpc) is 2.66. The lowest BCUT2D eigenvalue weighted by molar-refractivity contribution is -0.956. The van der Waals surface area contributed by atoms with E-state index in [9.17, 15) is 5.11 Å². The predicted molar refractivity (Wildman–Crippen MR) is 99.4 cm³/mol. The summed E-state index contributed by atoms with van der Waals surface area (Å²) in [5, 5.41) is 12.3. The van der Waals surface area contributed by atoms with Crippen LogP contribution < -0.4 is 4.74 Å². The van der Waals surface area contributed by atoms with Gasteiger partial charge in [-0.3, -0.25) is 4.98 Å². The van der Waals surface area contributed by atoms with Gasteiger partial charge in [0.15, 0.2) is 0 Å². The maximum absolute atomic E-state index is 11.3. The molecule has 2 bridgehead atoms. The minimum absolute atomic E-state index is 0.228. The molecule has 4 unspecified atom stereocenters. The summed E-state index contributed by atoms with van der Waals surface area (Å²) in [4.78, 5) is 4.45. The second kappa shape index (κ2) is 6.11. The van der Waals surface area contributed by atoms with Crippen LogP contribution in [-0.4, -0.2) is 47.9 Å². The van der Waals surface area contributed by atoms with Crippen LogP contribution in [0.5, 0.6) is 5.75 Å². The number of aliphatic hydroxyl groups excluding tert-OH is 1. The molecule has 0 radical (unpaired) electrons. The first-order valence-corrected chi connectivity index (χ1v) is 9.13. The maximum atomic E-state index is 11.3. The Kier molecular flexibility index (Phi) is 4.05. The predicted octanol–water partition coefficient (Wildman–Crippen LogP) is 3.32. The number of fused-ring (bicyclic) bond motifs is 4. The third-order valence-electron chi connectivity index (χ3n) is 6.56. The molecule has 132 valence electrons. The fourth-order valence-electron chi connectivity index (χ4n) is 5.03. The fourth-order valence-corrected chi connectivity index (χ4v) is 5.03. The minimum Gasteiger partial charge on any atom is -0.497 e. The number of benzene rings is 1. The Hall–Kier alpha value is -1.91. The highest BCUT2D eigenvalue weighted by molar-refractivity contribution is 5.83. The second-order valence-corrected chi connectivity index (χ2v) is 7.87. The Balaban J connectivity index is 1.73. The van der Waals surface area contributed by atoms with Crippen molar-refractivity contribution in [3.8, 4) is 5.75 Å². The first-order valence-electron chi connectivity index (χ1n) is 9.13. The van der Waals surface area contributed by atoms with Crippen molar-refractivity contribution in [1.29, 1.82) is 0 Å². The summed E-state index contributed by atoms with van der Waals surface area (Å²) in [6.07, 6.45) is 5.73. The lowest BCUT2D eigenvalue weighted by atomic mass is 9.72. The average molecular weight is 339 g/mol. The van der Waals surface area contributed by atoms with Gasteiger partial charge in [0.05, 0.1) is 32.8 Å². The van der Waals surface area contributed by atoms with Crippen molar-refractivity contribution in [2.75, 3.05) is 27.2 Å². The van der Waals surface area contributed by atoms with Gasteiger partial charge in [0.25, 0.3) is 0 Å². The molecule has 1 aromatic carbocycles. The number of hydrogen-bond acceptors (Lipinski definition) is 3. The molecule has 25 heavy (non-hydrogen) atoms. The molecule has 4 heterocycles. The highest BCUT2D eigenvalue weighted by atomic mass is 16.5. The SMILES string of the molecule is C=CC1C[N+]2(C)CCC1C[C@@H]2C(O)c1ccnc2ccc(OC)cc12. The Labute approximate surface area is 149 Å². The number of likely N-dealkylation sites (N-methyl/N-ethyl adjacent to an activating group) is 1. The van der Waals surface area contributed by atoms with E-state index in [1.54, 1.807) is 13.3 Å². The zero-order chi connectivity index (χ0) is 17.6. The molecule has 5 atom stereocenters. The molecule has 1 aromatic heterocycles. The fraction of sp³-hybridized carbons (Fsp3) is 0.476. The maximum Gasteiger partial charge on any atom is 0.131 e. The van der Waals surface area contributed by atoms with E-state index < -0.39 is 6.10 Å². The summed E-state index contributed by atoms with van der Waals surface area (Å²) in [5.41, 5.74) is 1.87. The van der Waals surface area contributed by atoms with Crippen molar-refractivity contribution in [1.82, 2.24) is 4.98 Å². The smallest absolute Gasteiger partial charge is 0.131 e. The number of aromatic nitrogens is 1. The second-order valence-electron chi connectivity index (χ2n) is 7.87. The molecule has 0 saturated carbocycles. The van der Waals surface area contributed by atoms with Gasteiger partial charge in [-0.1, -0.05) is 6.08 Å².